The molecule has 1 fully saturated rings. The van der Waals surface area contributed by atoms with Crippen LogP contribution in [0.3, 0.4) is 0 Å². The van der Waals surface area contributed by atoms with E-state index in [1.165, 1.54) is 6.42 Å². The van der Waals surface area contributed by atoms with Crippen LogP contribution >= 0.6 is 11.6 Å². The number of nitrogen functional groups attached to an aromatic ring is 1. The smallest absolute Gasteiger partial charge is 0.157 e. The Morgan fingerprint density at radius 2 is 2.00 bits per heavy atom. The van der Waals surface area contributed by atoms with E-state index in [-0.39, 0.29) is 5.41 Å². The monoisotopic (exact) mass is 298 g/mol. The molecule has 1 aliphatic carbocycles. The van der Waals surface area contributed by atoms with E-state index >= 15 is 0 Å². The lowest BCUT2D eigenvalue weighted by atomic mass is 9.62. The quantitative estimate of drug-likeness (QED) is 0.788. The Labute approximate surface area is 127 Å². The molecule has 1 saturated carbocycles. The van der Waals surface area contributed by atoms with Gasteiger partial charge in [-0.05, 0) is 30.5 Å². The molecule has 1 aromatic carbocycles. The van der Waals surface area contributed by atoms with Crippen molar-refractivity contribution in [1.29, 1.82) is 0 Å². The number of halogens is 1. The van der Waals surface area contributed by atoms with Crippen molar-refractivity contribution in [1.82, 2.24) is 14.6 Å². The van der Waals surface area contributed by atoms with Crippen molar-refractivity contribution in [3.05, 3.63) is 58.9 Å². The van der Waals surface area contributed by atoms with Crippen molar-refractivity contribution >= 4 is 23.1 Å². The van der Waals surface area contributed by atoms with E-state index in [9.17, 15) is 0 Å². The Hall–Kier alpha value is -2.07. The molecule has 4 nitrogen and oxygen atoms in total. The zero-order valence-electron chi connectivity index (χ0n) is 11.5. The van der Waals surface area contributed by atoms with Gasteiger partial charge >= 0.3 is 0 Å². The zero-order chi connectivity index (χ0) is 14.4. The highest BCUT2D eigenvalue weighted by atomic mass is 35.5. The Kier molecular flexibility index (Phi) is 2.69. The van der Waals surface area contributed by atoms with Gasteiger partial charge in [-0.25, -0.2) is 9.50 Å². The fraction of sp³-hybridized carbons (Fsp3) is 0.250. The van der Waals surface area contributed by atoms with Gasteiger partial charge in [-0.2, -0.15) is 5.10 Å². The van der Waals surface area contributed by atoms with Crippen molar-refractivity contribution in [2.24, 2.45) is 0 Å². The van der Waals surface area contributed by atoms with E-state index < -0.39 is 0 Å². The molecule has 21 heavy (non-hydrogen) atoms. The maximum atomic E-state index is 6.42. The van der Waals surface area contributed by atoms with Crippen LogP contribution in [-0.4, -0.2) is 14.6 Å². The summed E-state index contributed by atoms with van der Waals surface area (Å²) in [4.78, 5) is 4.33. The van der Waals surface area contributed by atoms with E-state index in [4.69, 9.17) is 22.4 Å². The molecule has 0 amide bonds. The molecule has 2 N–H and O–H groups in total. The molecular formula is C16H15ClN4. The minimum atomic E-state index is -0.0825. The van der Waals surface area contributed by atoms with Crippen molar-refractivity contribution in [3.63, 3.8) is 0 Å². The van der Waals surface area contributed by atoms with Gasteiger partial charge in [0.25, 0.3) is 0 Å². The first-order chi connectivity index (χ1) is 10.2. The Morgan fingerprint density at radius 1 is 1.19 bits per heavy atom. The molecule has 2 heterocycles. The van der Waals surface area contributed by atoms with Crippen molar-refractivity contribution < 1.29 is 0 Å². The number of anilines is 1. The first-order valence-electron chi connectivity index (χ1n) is 7.06. The molecule has 3 aromatic rings. The number of benzene rings is 1. The largest absolute Gasteiger partial charge is 0.384 e. The third-order valence-electron chi connectivity index (χ3n) is 4.43. The van der Waals surface area contributed by atoms with Crippen LogP contribution in [0.2, 0.25) is 5.02 Å². The molecule has 0 aliphatic heterocycles. The highest BCUT2D eigenvalue weighted by Crippen LogP contribution is 2.50. The molecule has 5 heteroatoms. The molecule has 0 atom stereocenters. The second-order valence-electron chi connectivity index (χ2n) is 5.60. The fourth-order valence-corrected chi connectivity index (χ4v) is 3.49. The summed E-state index contributed by atoms with van der Waals surface area (Å²) in [5, 5.41) is 5.51. The van der Waals surface area contributed by atoms with E-state index in [2.05, 4.69) is 11.1 Å². The molecule has 0 saturated heterocycles. The number of aromatic nitrogens is 3. The molecule has 0 bridgehead atoms. The van der Waals surface area contributed by atoms with Gasteiger partial charge in [0.2, 0.25) is 0 Å². The number of rotatable bonds is 2. The lowest BCUT2D eigenvalue weighted by Gasteiger charge is -2.41. The maximum absolute atomic E-state index is 6.42. The third-order valence-corrected chi connectivity index (χ3v) is 4.76. The summed E-state index contributed by atoms with van der Waals surface area (Å²) < 4.78 is 1.78. The second-order valence-corrected chi connectivity index (χ2v) is 6.01. The van der Waals surface area contributed by atoms with Crippen LogP contribution in [-0.2, 0) is 5.41 Å². The fourth-order valence-electron chi connectivity index (χ4n) is 3.17. The molecule has 2 aromatic heterocycles. The average molecular weight is 299 g/mol. The van der Waals surface area contributed by atoms with Gasteiger partial charge in [0.1, 0.15) is 5.82 Å². The minimum Gasteiger partial charge on any atom is -0.384 e. The Bertz CT molecular complexity index is 820. The number of hydrogen-bond acceptors (Lipinski definition) is 3. The van der Waals surface area contributed by atoms with Gasteiger partial charge in [-0.3, -0.25) is 0 Å². The van der Waals surface area contributed by atoms with E-state index in [0.29, 0.717) is 5.82 Å². The molecule has 0 radical (unpaired) electrons. The van der Waals surface area contributed by atoms with Gasteiger partial charge in [0, 0.05) is 22.7 Å². The number of nitrogens with zero attached hydrogens (tertiary/aromatic N) is 3. The summed E-state index contributed by atoms with van der Waals surface area (Å²) in [6.07, 6.45) is 5.17. The van der Waals surface area contributed by atoms with Crippen LogP contribution in [0.15, 0.2) is 42.6 Å². The summed E-state index contributed by atoms with van der Waals surface area (Å²) in [7, 11) is 0. The van der Waals surface area contributed by atoms with Crippen LogP contribution in [0.25, 0.3) is 5.65 Å². The van der Waals surface area contributed by atoms with Crippen LogP contribution < -0.4 is 5.73 Å². The van der Waals surface area contributed by atoms with Crippen LogP contribution in [0.5, 0.6) is 0 Å². The van der Waals surface area contributed by atoms with Crippen molar-refractivity contribution in [2.45, 2.75) is 24.7 Å². The molecule has 4 rings (SSSR count). The maximum Gasteiger partial charge on any atom is 0.157 e. The van der Waals surface area contributed by atoms with Gasteiger partial charge in [-0.1, -0.05) is 36.2 Å². The summed E-state index contributed by atoms with van der Waals surface area (Å²) in [6, 6.07) is 11.8. The number of nitrogens with two attached hydrogens (primary N) is 1. The lowest BCUT2D eigenvalue weighted by molar-refractivity contribution is 0.293. The van der Waals surface area contributed by atoms with Crippen molar-refractivity contribution in [3.8, 4) is 0 Å². The SMILES string of the molecule is Nc1ccn2nc(C3(c4ccccc4Cl)CCC3)cc2n1. The summed E-state index contributed by atoms with van der Waals surface area (Å²) in [5.74, 6) is 0.509. The standard InChI is InChI=1S/C16H15ClN4/c17-12-5-2-1-4-11(12)16(7-3-8-16)13-10-15-19-14(18)6-9-21(15)20-13/h1-2,4-6,9-10H,3,7-8H2,(H2,18,19). The first kappa shape index (κ1) is 12.7. The van der Waals surface area contributed by atoms with Gasteiger partial charge in [0.05, 0.1) is 5.69 Å². The Morgan fingerprint density at radius 3 is 2.71 bits per heavy atom. The molecule has 0 spiro atoms. The number of fused-ring (bicyclic) bond motifs is 1. The van der Waals surface area contributed by atoms with E-state index in [0.717, 1.165) is 34.8 Å². The molecular weight excluding hydrogens is 284 g/mol. The highest BCUT2D eigenvalue weighted by Gasteiger charge is 2.43. The van der Waals surface area contributed by atoms with Gasteiger partial charge in [0.15, 0.2) is 5.65 Å². The van der Waals surface area contributed by atoms with Gasteiger partial charge < -0.3 is 5.73 Å². The van der Waals surface area contributed by atoms with Crippen molar-refractivity contribution in [2.75, 3.05) is 5.73 Å². The summed E-state index contributed by atoms with van der Waals surface area (Å²) >= 11 is 6.42. The number of hydrogen-bond donors (Lipinski definition) is 1. The van der Waals surface area contributed by atoms with Crippen LogP contribution in [0, 0.1) is 0 Å². The molecule has 1 aliphatic rings. The van der Waals surface area contributed by atoms with Crippen LogP contribution in [0.1, 0.15) is 30.5 Å². The molecule has 0 unspecified atom stereocenters. The van der Waals surface area contributed by atoms with Crippen LogP contribution in [0.4, 0.5) is 5.82 Å². The predicted molar refractivity (Wildman–Crippen MR) is 83.5 cm³/mol. The molecule has 106 valence electrons. The first-order valence-corrected chi connectivity index (χ1v) is 7.44. The Balaban J connectivity index is 1.90. The average Bonchev–Trinajstić information content (AvgIpc) is 2.82. The van der Waals surface area contributed by atoms with Gasteiger partial charge in [-0.15, -0.1) is 0 Å². The summed E-state index contributed by atoms with van der Waals surface area (Å²) in [6.45, 7) is 0. The highest BCUT2D eigenvalue weighted by molar-refractivity contribution is 6.31. The zero-order valence-corrected chi connectivity index (χ0v) is 12.2. The minimum absolute atomic E-state index is 0.0825. The van der Waals surface area contributed by atoms with E-state index in [1.54, 1.807) is 10.6 Å². The van der Waals surface area contributed by atoms with E-state index in [1.807, 2.05) is 30.5 Å². The normalized spacial score (nSPS) is 16.8. The second kappa shape index (κ2) is 4.46. The third kappa shape index (κ3) is 1.83. The lowest BCUT2D eigenvalue weighted by Crippen LogP contribution is -2.36. The predicted octanol–water partition coefficient (Wildman–Crippen LogP) is 3.43. The topological polar surface area (TPSA) is 56.2 Å². The summed E-state index contributed by atoms with van der Waals surface area (Å²) in [5.41, 5.74) is 8.64.